The molecular weight excluding hydrogens is 270 g/mol. The van der Waals surface area contributed by atoms with Crippen molar-refractivity contribution in [3.8, 4) is 0 Å². The van der Waals surface area contributed by atoms with Gasteiger partial charge in [-0.2, -0.15) is 5.10 Å². The van der Waals surface area contributed by atoms with Crippen LogP contribution in [0.2, 0.25) is 0 Å². The Bertz CT molecular complexity index is 565. The lowest BCUT2D eigenvalue weighted by Crippen LogP contribution is -2.47. The van der Waals surface area contributed by atoms with Gasteiger partial charge in [0.05, 0.1) is 13.2 Å². The highest BCUT2D eigenvalue weighted by atomic mass is 16.7. The van der Waals surface area contributed by atoms with Crippen LogP contribution in [-0.2, 0) is 29.4 Å². The van der Waals surface area contributed by atoms with Crippen molar-refractivity contribution in [3.63, 3.8) is 0 Å². The van der Waals surface area contributed by atoms with Crippen LogP contribution in [0.4, 0.5) is 0 Å². The molecule has 0 atom stereocenters. The number of hydrogen-bond acceptors (Lipinski definition) is 4. The summed E-state index contributed by atoms with van der Waals surface area (Å²) in [6.45, 7) is 2.71. The van der Waals surface area contributed by atoms with E-state index in [1.54, 1.807) is 0 Å². The summed E-state index contributed by atoms with van der Waals surface area (Å²) in [4.78, 5) is 14.6. The summed E-state index contributed by atoms with van der Waals surface area (Å²) in [5.41, 5.74) is 3.06. The summed E-state index contributed by atoms with van der Waals surface area (Å²) >= 11 is 0. The molecule has 0 bridgehead atoms. The molecule has 2 fully saturated rings. The smallest absolute Gasteiger partial charge is 0.274 e. The molecule has 4 rings (SSSR count). The second-order valence-electron chi connectivity index (χ2n) is 6.15. The number of aromatic nitrogens is 2. The third kappa shape index (κ3) is 2.08. The van der Waals surface area contributed by atoms with E-state index < -0.39 is 5.79 Å². The Kier molecular flexibility index (Phi) is 3.04. The molecule has 1 aromatic heterocycles. The van der Waals surface area contributed by atoms with Crippen molar-refractivity contribution in [1.82, 2.24) is 14.7 Å². The lowest BCUT2D eigenvalue weighted by Gasteiger charge is -2.37. The molecule has 0 aromatic carbocycles. The van der Waals surface area contributed by atoms with E-state index in [0.29, 0.717) is 32.0 Å². The topological polar surface area (TPSA) is 56.6 Å². The van der Waals surface area contributed by atoms with Crippen LogP contribution in [0.15, 0.2) is 0 Å². The van der Waals surface area contributed by atoms with Crippen molar-refractivity contribution < 1.29 is 14.3 Å². The fourth-order valence-electron chi connectivity index (χ4n) is 3.77. The maximum Gasteiger partial charge on any atom is 0.274 e. The van der Waals surface area contributed by atoms with Crippen LogP contribution < -0.4 is 0 Å². The number of carbonyl (C=O) groups excluding carboxylic acids is 1. The number of likely N-dealkylation sites (tertiary alicyclic amines) is 1. The number of rotatable bonds is 1. The third-order valence-corrected chi connectivity index (χ3v) is 4.94. The zero-order valence-corrected chi connectivity index (χ0v) is 12.4. The molecule has 1 aromatic rings. The predicted molar refractivity (Wildman–Crippen MR) is 75.0 cm³/mol. The van der Waals surface area contributed by atoms with Gasteiger partial charge in [-0.15, -0.1) is 0 Å². The van der Waals surface area contributed by atoms with Crippen molar-refractivity contribution in [2.24, 2.45) is 7.05 Å². The van der Waals surface area contributed by atoms with Gasteiger partial charge in [0.15, 0.2) is 11.5 Å². The number of aryl methyl sites for hydroxylation is 1. The largest absolute Gasteiger partial charge is 0.347 e. The fraction of sp³-hybridized carbons (Fsp3) is 0.733. The molecule has 6 heteroatoms. The van der Waals surface area contributed by atoms with E-state index in [1.165, 1.54) is 5.69 Å². The van der Waals surface area contributed by atoms with Crippen molar-refractivity contribution in [2.45, 2.75) is 37.9 Å². The number of piperidine rings is 1. The number of ether oxygens (including phenoxy) is 2. The summed E-state index contributed by atoms with van der Waals surface area (Å²) in [6, 6.07) is 0. The fourth-order valence-corrected chi connectivity index (χ4v) is 3.77. The quantitative estimate of drug-likeness (QED) is 0.771. The van der Waals surface area contributed by atoms with Crippen LogP contribution in [-0.4, -0.2) is 52.7 Å². The molecule has 1 spiro atoms. The number of amides is 1. The Hall–Kier alpha value is -1.40. The molecule has 6 nitrogen and oxygen atoms in total. The van der Waals surface area contributed by atoms with Gasteiger partial charge in [0.2, 0.25) is 0 Å². The number of hydrogen-bond donors (Lipinski definition) is 0. The Labute approximate surface area is 124 Å². The molecule has 21 heavy (non-hydrogen) atoms. The molecule has 2 saturated heterocycles. The lowest BCUT2D eigenvalue weighted by atomic mass is 10.0. The first-order valence-corrected chi connectivity index (χ1v) is 7.80. The minimum Gasteiger partial charge on any atom is -0.347 e. The van der Waals surface area contributed by atoms with E-state index >= 15 is 0 Å². The SMILES string of the molecule is Cn1nc(C(=O)N2CCC3(CC2)OCCO3)c2c1CCC2. The second kappa shape index (κ2) is 4.81. The Morgan fingerprint density at radius 2 is 1.90 bits per heavy atom. The second-order valence-corrected chi connectivity index (χ2v) is 6.15. The first-order chi connectivity index (χ1) is 10.2. The molecule has 0 N–H and O–H groups in total. The number of carbonyl (C=O) groups is 1. The molecule has 3 aliphatic rings. The summed E-state index contributed by atoms with van der Waals surface area (Å²) in [7, 11) is 1.94. The maximum atomic E-state index is 12.7. The average molecular weight is 291 g/mol. The van der Waals surface area contributed by atoms with Gasteiger partial charge < -0.3 is 14.4 Å². The molecule has 1 amide bonds. The molecule has 2 aliphatic heterocycles. The highest BCUT2D eigenvalue weighted by Gasteiger charge is 2.41. The third-order valence-electron chi connectivity index (χ3n) is 4.94. The van der Waals surface area contributed by atoms with E-state index in [4.69, 9.17) is 9.47 Å². The van der Waals surface area contributed by atoms with Gasteiger partial charge in [0, 0.05) is 44.2 Å². The lowest BCUT2D eigenvalue weighted by molar-refractivity contribution is -0.181. The number of nitrogens with zero attached hydrogens (tertiary/aromatic N) is 3. The summed E-state index contributed by atoms with van der Waals surface area (Å²) in [5.74, 6) is -0.357. The van der Waals surface area contributed by atoms with Crippen LogP contribution >= 0.6 is 0 Å². The molecule has 1 aliphatic carbocycles. The van der Waals surface area contributed by atoms with E-state index in [2.05, 4.69) is 5.10 Å². The van der Waals surface area contributed by atoms with Crippen molar-refractivity contribution in [3.05, 3.63) is 17.0 Å². The van der Waals surface area contributed by atoms with Crippen molar-refractivity contribution >= 4 is 5.91 Å². The van der Waals surface area contributed by atoms with Gasteiger partial charge in [-0.05, 0) is 19.3 Å². The molecule has 3 heterocycles. The molecule has 0 unspecified atom stereocenters. The van der Waals surface area contributed by atoms with Gasteiger partial charge in [-0.3, -0.25) is 9.48 Å². The standard InChI is InChI=1S/C15H21N3O3/c1-17-12-4-2-3-11(12)13(16-17)14(19)18-7-5-15(6-8-18)20-9-10-21-15/h2-10H2,1H3. The highest BCUT2D eigenvalue weighted by molar-refractivity contribution is 5.94. The zero-order chi connectivity index (χ0) is 14.4. The van der Waals surface area contributed by atoms with Gasteiger partial charge in [0.1, 0.15) is 0 Å². The van der Waals surface area contributed by atoms with Crippen molar-refractivity contribution in [2.75, 3.05) is 26.3 Å². The molecule has 0 saturated carbocycles. The normalized spacial score (nSPS) is 23.8. The molecule has 0 radical (unpaired) electrons. The van der Waals surface area contributed by atoms with Gasteiger partial charge in [-0.25, -0.2) is 0 Å². The van der Waals surface area contributed by atoms with Crippen LogP contribution in [0.3, 0.4) is 0 Å². The zero-order valence-electron chi connectivity index (χ0n) is 12.4. The Morgan fingerprint density at radius 1 is 1.19 bits per heavy atom. The summed E-state index contributed by atoms with van der Waals surface area (Å²) < 4.78 is 13.3. The van der Waals surface area contributed by atoms with Crippen LogP contribution in [0, 0.1) is 0 Å². The molecular formula is C15H21N3O3. The van der Waals surface area contributed by atoms with Crippen molar-refractivity contribution in [1.29, 1.82) is 0 Å². The Balaban J connectivity index is 1.50. The van der Waals surface area contributed by atoms with Crippen LogP contribution in [0.1, 0.15) is 41.0 Å². The summed E-state index contributed by atoms with van der Waals surface area (Å²) in [5, 5.41) is 4.46. The monoisotopic (exact) mass is 291 g/mol. The summed E-state index contributed by atoms with van der Waals surface area (Å²) in [6.07, 6.45) is 4.67. The van der Waals surface area contributed by atoms with Gasteiger partial charge in [-0.1, -0.05) is 0 Å². The van der Waals surface area contributed by atoms with E-state index in [9.17, 15) is 4.79 Å². The minimum absolute atomic E-state index is 0.0709. The predicted octanol–water partition coefficient (Wildman–Crippen LogP) is 0.888. The van der Waals surface area contributed by atoms with E-state index in [-0.39, 0.29) is 5.91 Å². The highest BCUT2D eigenvalue weighted by Crippen LogP contribution is 2.32. The van der Waals surface area contributed by atoms with Gasteiger partial charge >= 0.3 is 0 Å². The van der Waals surface area contributed by atoms with Crippen LogP contribution in [0.25, 0.3) is 0 Å². The van der Waals surface area contributed by atoms with Crippen LogP contribution in [0.5, 0.6) is 0 Å². The van der Waals surface area contributed by atoms with E-state index in [1.807, 2.05) is 16.6 Å². The Morgan fingerprint density at radius 3 is 2.62 bits per heavy atom. The molecule has 114 valence electrons. The first kappa shape index (κ1) is 13.3. The number of fused-ring (bicyclic) bond motifs is 1. The maximum absolute atomic E-state index is 12.7. The first-order valence-electron chi connectivity index (χ1n) is 7.80. The average Bonchev–Trinajstić information content (AvgIpc) is 3.19. The van der Waals surface area contributed by atoms with E-state index in [0.717, 1.165) is 37.7 Å². The van der Waals surface area contributed by atoms with Gasteiger partial charge in [0.25, 0.3) is 5.91 Å². The minimum atomic E-state index is -0.428.